The van der Waals surface area contributed by atoms with Gasteiger partial charge in [0.05, 0.1) is 11.3 Å². The molecule has 2 rings (SSSR count). The Morgan fingerprint density at radius 2 is 2.00 bits per heavy atom. The van der Waals surface area contributed by atoms with Gasteiger partial charge in [0.25, 0.3) is 0 Å². The molecule has 4 nitrogen and oxygen atoms in total. The number of hydrogen-bond donors (Lipinski definition) is 2. The standard InChI is InChI=1S/C15H14F3N3O/c1-2-13(22)21-12-7-4-8-19-14(12)20-11-6-3-5-10(9-11)15(16,17)18/h3-9H,2H2,1H3,(H,19,20)(H,21,22). The fourth-order valence-corrected chi connectivity index (χ4v) is 1.75. The molecule has 1 heterocycles. The summed E-state index contributed by atoms with van der Waals surface area (Å²) in [6.07, 6.45) is -2.64. The van der Waals surface area contributed by atoms with Gasteiger partial charge in [-0.3, -0.25) is 4.79 Å². The molecular weight excluding hydrogens is 295 g/mol. The molecule has 1 aromatic heterocycles. The van der Waals surface area contributed by atoms with E-state index in [1.54, 1.807) is 19.1 Å². The highest BCUT2D eigenvalue weighted by molar-refractivity contribution is 5.93. The van der Waals surface area contributed by atoms with Crippen LogP contribution in [0.4, 0.5) is 30.4 Å². The number of nitrogens with one attached hydrogen (secondary N) is 2. The average molecular weight is 309 g/mol. The van der Waals surface area contributed by atoms with Gasteiger partial charge in [-0.2, -0.15) is 13.2 Å². The zero-order chi connectivity index (χ0) is 16.2. The van der Waals surface area contributed by atoms with Gasteiger partial charge in [0, 0.05) is 18.3 Å². The quantitative estimate of drug-likeness (QED) is 0.890. The van der Waals surface area contributed by atoms with Crippen LogP contribution in [-0.4, -0.2) is 10.9 Å². The lowest BCUT2D eigenvalue weighted by molar-refractivity contribution is -0.137. The molecule has 0 unspecified atom stereocenters. The number of carbonyl (C=O) groups excluding carboxylic acids is 1. The Kier molecular flexibility index (Phi) is 4.65. The van der Waals surface area contributed by atoms with Crippen LogP contribution < -0.4 is 10.6 Å². The van der Waals surface area contributed by atoms with Gasteiger partial charge in [0.15, 0.2) is 5.82 Å². The number of halogens is 3. The van der Waals surface area contributed by atoms with Gasteiger partial charge in [-0.15, -0.1) is 0 Å². The molecule has 0 aliphatic carbocycles. The largest absolute Gasteiger partial charge is 0.416 e. The van der Waals surface area contributed by atoms with Crippen LogP contribution in [0.1, 0.15) is 18.9 Å². The van der Waals surface area contributed by atoms with Crippen molar-refractivity contribution in [2.75, 3.05) is 10.6 Å². The molecule has 0 spiro atoms. The van der Waals surface area contributed by atoms with Crippen LogP contribution in [0.2, 0.25) is 0 Å². The molecule has 1 aromatic carbocycles. The maximum atomic E-state index is 12.7. The summed E-state index contributed by atoms with van der Waals surface area (Å²) < 4.78 is 38.1. The number of carbonyl (C=O) groups is 1. The summed E-state index contributed by atoms with van der Waals surface area (Å²) in [7, 11) is 0. The zero-order valence-corrected chi connectivity index (χ0v) is 11.7. The van der Waals surface area contributed by atoms with Crippen molar-refractivity contribution in [1.29, 1.82) is 0 Å². The third-order valence-electron chi connectivity index (χ3n) is 2.86. The second kappa shape index (κ2) is 6.46. The average Bonchev–Trinajstić information content (AvgIpc) is 2.48. The number of aromatic nitrogens is 1. The van der Waals surface area contributed by atoms with E-state index in [-0.39, 0.29) is 23.8 Å². The van der Waals surface area contributed by atoms with Crippen molar-refractivity contribution in [2.24, 2.45) is 0 Å². The van der Waals surface area contributed by atoms with Crippen LogP contribution in [0.25, 0.3) is 0 Å². The summed E-state index contributed by atoms with van der Waals surface area (Å²) in [6.45, 7) is 1.70. The van der Waals surface area contributed by atoms with Crippen molar-refractivity contribution in [1.82, 2.24) is 4.98 Å². The minimum atomic E-state index is -4.42. The van der Waals surface area contributed by atoms with Crippen LogP contribution in [0, 0.1) is 0 Å². The van der Waals surface area contributed by atoms with Crippen LogP contribution in [0.5, 0.6) is 0 Å². The normalized spacial score (nSPS) is 11.1. The fraction of sp³-hybridized carbons (Fsp3) is 0.200. The SMILES string of the molecule is CCC(=O)Nc1cccnc1Nc1cccc(C(F)(F)F)c1. The molecule has 0 atom stereocenters. The van der Waals surface area contributed by atoms with Crippen LogP contribution in [0.15, 0.2) is 42.6 Å². The molecule has 1 amide bonds. The van der Waals surface area contributed by atoms with Gasteiger partial charge in [0.2, 0.25) is 5.91 Å². The minimum absolute atomic E-state index is 0.208. The Bertz CT molecular complexity index is 671. The smallest absolute Gasteiger partial charge is 0.338 e. The highest BCUT2D eigenvalue weighted by Gasteiger charge is 2.30. The van der Waals surface area contributed by atoms with E-state index in [0.717, 1.165) is 12.1 Å². The second-order valence-corrected chi connectivity index (χ2v) is 4.50. The van der Waals surface area contributed by atoms with Crippen molar-refractivity contribution < 1.29 is 18.0 Å². The van der Waals surface area contributed by atoms with Gasteiger partial charge >= 0.3 is 6.18 Å². The molecule has 2 N–H and O–H groups in total. The van der Waals surface area contributed by atoms with E-state index in [1.165, 1.54) is 18.3 Å². The fourth-order valence-electron chi connectivity index (χ4n) is 1.75. The number of amides is 1. The third kappa shape index (κ3) is 3.97. The first kappa shape index (κ1) is 15.8. The minimum Gasteiger partial charge on any atom is -0.338 e. The number of anilines is 3. The molecule has 7 heteroatoms. The molecule has 0 fully saturated rings. The van der Waals surface area contributed by atoms with Gasteiger partial charge in [-0.1, -0.05) is 13.0 Å². The molecule has 22 heavy (non-hydrogen) atoms. The lowest BCUT2D eigenvalue weighted by atomic mass is 10.2. The summed E-state index contributed by atoms with van der Waals surface area (Å²) >= 11 is 0. The molecule has 116 valence electrons. The van der Waals surface area contributed by atoms with E-state index in [0.29, 0.717) is 5.69 Å². The number of benzene rings is 1. The summed E-state index contributed by atoms with van der Waals surface area (Å²) in [6, 6.07) is 8.02. The molecule has 0 aliphatic heterocycles. The number of nitrogens with zero attached hydrogens (tertiary/aromatic N) is 1. The van der Waals surface area contributed by atoms with Crippen LogP contribution >= 0.6 is 0 Å². The van der Waals surface area contributed by atoms with Crippen molar-refractivity contribution in [2.45, 2.75) is 19.5 Å². The molecule has 2 aromatic rings. The van der Waals surface area contributed by atoms with E-state index in [9.17, 15) is 18.0 Å². The van der Waals surface area contributed by atoms with Crippen molar-refractivity contribution in [3.8, 4) is 0 Å². The molecule has 0 radical (unpaired) electrons. The van der Waals surface area contributed by atoms with E-state index in [2.05, 4.69) is 15.6 Å². The van der Waals surface area contributed by atoms with Crippen LogP contribution in [0.3, 0.4) is 0 Å². The number of pyridine rings is 1. The number of alkyl halides is 3. The monoisotopic (exact) mass is 309 g/mol. The molecule has 0 bridgehead atoms. The van der Waals surface area contributed by atoms with Gasteiger partial charge in [-0.05, 0) is 30.3 Å². The highest BCUT2D eigenvalue weighted by atomic mass is 19.4. The lowest BCUT2D eigenvalue weighted by Gasteiger charge is -2.13. The summed E-state index contributed by atoms with van der Waals surface area (Å²) in [5.41, 5.74) is -0.111. The highest BCUT2D eigenvalue weighted by Crippen LogP contribution is 2.32. The predicted octanol–water partition coefficient (Wildman–Crippen LogP) is 4.19. The molecule has 0 aliphatic rings. The first-order chi connectivity index (χ1) is 10.4. The zero-order valence-electron chi connectivity index (χ0n) is 11.7. The van der Waals surface area contributed by atoms with Crippen molar-refractivity contribution >= 4 is 23.1 Å². The Hall–Kier alpha value is -2.57. The summed E-state index contributed by atoms with van der Waals surface area (Å²) in [5, 5.41) is 5.43. The Balaban J connectivity index is 2.26. The second-order valence-electron chi connectivity index (χ2n) is 4.50. The van der Waals surface area contributed by atoms with Crippen LogP contribution in [-0.2, 0) is 11.0 Å². The topological polar surface area (TPSA) is 54.0 Å². The van der Waals surface area contributed by atoms with Gasteiger partial charge in [0.1, 0.15) is 0 Å². The maximum Gasteiger partial charge on any atom is 0.416 e. The van der Waals surface area contributed by atoms with E-state index >= 15 is 0 Å². The lowest BCUT2D eigenvalue weighted by Crippen LogP contribution is -2.11. The van der Waals surface area contributed by atoms with E-state index < -0.39 is 11.7 Å². The number of rotatable bonds is 4. The number of hydrogen-bond acceptors (Lipinski definition) is 3. The first-order valence-electron chi connectivity index (χ1n) is 6.59. The molecule has 0 saturated carbocycles. The summed E-state index contributed by atoms with van der Waals surface area (Å²) in [5.74, 6) is 0.0729. The molecule has 0 saturated heterocycles. The van der Waals surface area contributed by atoms with Crippen molar-refractivity contribution in [3.05, 3.63) is 48.2 Å². The van der Waals surface area contributed by atoms with Gasteiger partial charge in [-0.25, -0.2) is 4.98 Å². The van der Waals surface area contributed by atoms with E-state index in [1.807, 2.05) is 0 Å². The Morgan fingerprint density at radius 1 is 1.23 bits per heavy atom. The predicted molar refractivity (Wildman–Crippen MR) is 77.9 cm³/mol. The first-order valence-corrected chi connectivity index (χ1v) is 6.59. The summed E-state index contributed by atoms with van der Waals surface area (Å²) in [4.78, 5) is 15.5. The van der Waals surface area contributed by atoms with Crippen molar-refractivity contribution in [3.63, 3.8) is 0 Å². The molecular formula is C15H14F3N3O. The third-order valence-corrected chi connectivity index (χ3v) is 2.86. The Morgan fingerprint density at radius 3 is 2.68 bits per heavy atom. The Labute approximate surface area is 125 Å². The maximum absolute atomic E-state index is 12.7. The van der Waals surface area contributed by atoms with E-state index in [4.69, 9.17) is 0 Å². The van der Waals surface area contributed by atoms with Gasteiger partial charge < -0.3 is 10.6 Å².